The van der Waals surface area contributed by atoms with Crippen LogP contribution in [0.5, 0.6) is 11.5 Å². The van der Waals surface area contributed by atoms with Gasteiger partial charge in [-0.2, -0.15) is 0 Å². The molecule has 0 aliphatic carbocycles. The van der Waals surface area contributed by atoms with E-state index in [1.54, 1.807) is 4.90 Å². The van der Waals surface area contributed by atoms with Crippen molar-refractivity contribution in [3.05, 3.63) is 88.5 Å². The number of hydrogen-bond acceptors (Lipinski definition) is 4. The number of fused-ring (bicyclic) bond motifs is 2. The van der Waals surface area contributed by atoms with Crippen molar-refractivity contribution in [1.29, 1.82) is 0 Å². The van der Waals surface area contributed by atoms with Crippen LogP contribution < -0.4 is 4.74 Å². The molecule has 1 fully saturated rings. The van der Waals surface area contributed by atoms with Crippen molar-refractivity contribution in [2.45, 2.75) is 26.8 Å². The van der Waals surface area contributed by atoms with Gasteiger partial charge in [-0.3, -0.25) is 4.79 Å². The molecule has 1 amide bonds. The smallest absolute Gasteiger partial charge is 0.257 e. The fourth-order valence-corrected chi connectivity index (χ4v) is 4.51. The maximum absolute atomic E-state index is 14.2. The number of benzene rings is 3. The van der Waals surface area contributed by atoms with Gasteiger partial charge >= 0.3 is 0 Å². The van der Waals surface area contributed by atoms with Crippen LogP contribution in [0.15, 0.2) is 59.6 Å². The van der Waals surface area contributed by atoms with E-state index >= 15 is 0 Å². The van der Waals surface area contributed by atoms with Crippen LogP contribution in [0.2, 0.25) is 0 Å². The molecule has 0 spiro atoms. The van der Waals surface area contributed by atoms with Gasteiger partial charge in [-0.15, -0.1) is 0 Å². The third kappa shape index (κ3) is 4.02. The molecule has 2 heterocycles. The number of aryl methyl sites for hydroxylation is 2. The second kappa shape index (κ2) is 8.56. The average Bonchev–Trinajstić information content (AvgIpc) is 2.94. The third-order valence-electron chi connectivity index (χ3n) is 6.29. The van der Waals surface area contributed by atoms with E-state index in [0.717, 1.165) is 46.1 Å². The molecule has 7 heteroatoms. The Kier molecular flexibility index (Phi) is 5.55. The van der Waals surface area contributed by atoms with E-state index in [1.165, 1.54) is 6.07 Å². The van der Waals surface area contributed by atoms with Gasteiger partial charge in [-0.25, -0.2) is 13.8 Å². The summed E-state index contributed by atoms with van der Waals surface area (Å²) in [7, 11) is 0. The summed E-state index contributed by atoms with van der Waals surface area (Å²) in [5, 5.41) is 0. The van der Waals surface area contributed by atoms with Crippen LogP contribution >= 0.6 is 0 Å². The minimum atomic E-state index is -0.846. The van der Waals surface area contributed by atoms with Gasteiger partial charge in [0.25, 0.3) is 5.91 Å². The van der Waals surface area contributed by atoms with Crippen molar-refractivity contribution in [3.8, 4) is 11.5 Å². The van der Waals surface area contributed by atoms with Gasteiger partial charge in [0.2, 0.25) is 0 Å². The molecule has 0 bridgehead atoms. The lowest BCUT2D eigenvalue weighted by Gasteiger charge is -2.41. The minimum absolute atomic E-state index is 0.118. The molecule has 0 N–H and O–H groups in total. The van der Waals surface area contributed by atoms with E-state index in [9.17, 15) is 13.6 Å². The molecule has 0 saturated carbocycles. The molecule has 5 nitrogen and oxygen atoms in total. The van der Waals surface area contributed by atoms with Crippen LogP contribution in [0.4, 0.5) is 14.5 Å². The Labute approximate surface area is 197 Å². The maximum atomic E-state index is 14.2. The first-order valence-electron chi connectivity index (χ1n) is 11.3. The third-order valence-corrected chi connectivity index (χ3v) is 6.29. The van der Waals surface area contributed by atoms with Crippen molar-refractivity contribution in [2.24, 2.45) is 4.99 Å². The van der Waals surface area contributed by atoms with E-state index in [1.807, 2.05) is 51.1 Å². The lowest BCUT2D eigenvalue weighted by atomic mass is 10.1. The van der Waals surface area contributed by atoms with Crippen molar-refractivity contribution in [3.63, 3.8) is 0 Å². The first kappa shape index (κ1) is 22.1. The summed E-state index contributed by atoms with van der Waals surface area (Å²) in [6.07, 6.45) is 0. The molecule has 2 aliphatic heterocycles. The highest BCUT2D eigenvalue weighted by Gasteiger charge is 2.33. The summed E-state index contributed by atoms with van der Waals surface area (Å²) in [4.78, 5) is 21.8. The van der Waals surface area contributed by atoms with E-state index < -0.39 is 17.5 Å². The number of nitrogens with zero attached hydrogens (tertiary/aromatic N) is 3. The highest BCUT2D eigenvalue weighted by molar-refractivity contribution is 6.04. The Morgan fingerprint density at radius 3 is 2.50 bits per heavy atom. The number of carbonyl (C=O) groups is 1. The van der Waals surface area contributed by atoms with E-state index in [-0.39, 0.29) is 11.6 Å². The Hall–Kier alpha value is -3.74. The number of ether oxygens (including phenoxy) is 1. The molecule has 3 aromatic rings. The molecular formula is C27H25F2N3O2. The number of aliphatic imine (C=N–C) groups is 1. The van der Waals surface area contributed by atoms with Crippen molar-refractivity contribution >= 4 is 17.4 Å². The topological polar surface area (TPSA) is 45.1 Å². The highest BCUT2D eigenvalue weighted by Crippen LogP contribution is 2.39. The van der Waals surface area contributed by atoms with Crippen LogP contribution in [0.25, 0.3) is 0 Å². The second-order valence-corrected chi connectivity index (χ2v) is 8.93. The van der Waals surface area contributed by atoms with Gasteiger partial charge < -0.3 is 14.5 Å². The molecule has 174 valence electrons. The predicted octanol–water partition coefficient (Wildman–Crippen LogP) is 5.61. The fraction of sp³-hybridized carbons (Fsp3) is 0.259. The predicted molar refractivity (Wildman–Crippen MR) is 127 cm³/mol. The van der Waals surface area contributed by atoms with Gasteiger partial charge in [0.15, 0.2) is 5.75 Å². The molecule has 5 rings (SSSR count). The zero-order chi connectivity index (χ0) is 24.0. The highest BCUT2D eigenvalue weighted by atomic mass is 19.1. The second-order valence-electron chi connectivity index (χ2n) is 8.93. The fourth-order valence-electron chi connectivity index (χ4n) is 4.51. The number of piperazine rings is 1. The molecule has 1 saturated heterocycles. The first-order valence-corrected chi connectivity index (χ1v) is 11.3. The largest absolute Gasteiger partial charge is 0.454 e. The van der Waals surface area contributed by atoms with Gasteiger partial charge in [0.05, 0.1) is 11.1 Å². The molecule has 0 radical (unpaired) electrons. The SMILES string of the molecule is Cc1ccc2c(c1)Oc1ccc(C)cc1C(N1CCN(C(=O)c3ccc(F)cc3F)[C@@H](C)C1)=N2. The van der Waals surface area contributed by atoms with Crippen LogP contribution in [0.3, 0.4) is 0 Å². The molecule has 1 atom stereocenters. The summed E-state index contributed by atoms with van der Waals surface area (Å²) in [6, 6.07) is 14.8. The number of amides is 1. The van der Waals surface area contributed by atoms with Gasteiger partial charge in [-0.1, -0.05) is 17.7 Å². The molecule has 2 aliphatic rings. The molecule has 0 aromatic heterocycles. The lowest BCUT2D eigenvalue weighted by molar-refractivity contribution is 0.0576. The summed E-state index contributed by atoms with van der Waals surface area (Å²) in [5.74, 6) is 0.231. The Morgan fingerprint density at radius 2 is 1.74 bits per heavy atom. The number of carbonyl (C=O) groups excluding carboxylic acids is 1. The first-order chi connectivity index (χ1) is 16.3. The van der Waals surface area contributed by atoms with Gasteiger partial charge in [0.1, 0.15) is 28.9 Å². The number of amidine groups is 1. The van der Waals surface area contributed by atoms with Crippen LogP contribution in [-0.2, 0) is 0 Å². The van der Waals surface area contributed by atoms with Crippen LogP contribution in [0, 0.1) is 25.5 Å². The van der Waals surface area contributed by atoms with Crippen LogP contribution in [-0.4, -0.2) is 47.2 Å². The molecule has 34 heavy (non-hydrogen) atoms. The summed E-state index contributed by atoms with van der Waals surface area (Å²) >= 11 is 0. The summed E-state index contributed by atoms with van der Waals surface area (Å²) < 4.78 is 33.8. The van der Waals surface area contributed by atoms with Crippen molar-refractivity contribution in [1.82, 2.24) is 9.80 Å². The Morgan fingerprint density at radius 1 is 0.971 bits per heavy atom. The van der Waals surface area contributed by atoms with E-state index in [4.69, 9.17) is 9.73 Å². The Balaban J connectivity index is 1.47. The standard InChI is InChI=1S/C27H25F2N3O2/c1-16-5-9-24-21(12-16)26(30-23-8-4-17(2)13-25(23)34-24)31-10-11-32(18(3)15-31)27(33)20-7-6-19(28)14-22(20)29/h4-9,12-14,18H,10-11,15H2,1-3H3/t18-/m0/s1. The van der Waals surface area contributed by atoms with Crippen molar-refractivity contribution in [2.75, 3.05) is 19.6 Å². The number of hydrogen-bond donors (Lipinski definition) is 0. The van der Waals surface area contributed by atoms with Crippen molar-refractivity contribution < 1.29 is 18.3 Å². The normalized spacial score (nSPS) is 17.3. The molecule has 3 aromatic carbocycles. The summed E-state index contributed by atoms with van der Waals surface area (Å²) in [6.45, 7) is 7.38. The summed E-state index contributed by atoms with van der Waals surface area (Å²) in [5.41, 5.74) is 3.69. The van der Waals surface area contributed by atoms with E-state index in [2.05, 4.69) is 11.0 Å². The quantitative estimate of drug-likeness (QED) is 0.473. The zero-order valence-corrected chi connectivity index (χ0v) is 19.3. The number of halogens is 2. The number of rotatable bonds is 1. The lowest BCUT2D eigenvalue weighted by Crippen LogP contribution is -2.55. The van der Waals surface area contributed by atoms with Gasteiger partial charge in [-0.05, 0) is 62.7 Å². The minimum Gasteiger partial charge on any atom is -0.454 e. The van der Waals surface area contributed by atoms with Gasteiger partial charge in [0, 0.05) is 31.7 Å². The maximum Gasteiger partial charge on any atom is 0.257 e. The Bertz CT molecular complexity index is 1320. The zero-order valence-electron chi connectivity index (χ0n) is 19.3. The average molecular weight is 462 g/mol. The molecular weight excluding hydrogens is 436 g/mol. The molecule has 0 unspecified atom stereocenters. The van der Waals surface area contributed by atoms with Crippen LogP contribution in [0.1, 0.15) is 34.0 Å². The van der Waals surface area contributed by atoms with E-state index in [0.29, 0.717) is 25.4 Å². The monoisotopic (exact) mass is 461 g/mol.